The van der Waals surface area contributed by atoms with Crippen molar-refractivity contribution in [1.29, 1.82) is 0 Å². The SMILES string of the molecule is Cc1nc(CC2CCN(c3ccc(CC4(C)C=NC=CC4)cc3)CC2)nc(C(=O)NCC(=O)O)c1O. The summed E-state index contributed by atoms with van der Waals surface area (Å²) >= 11 is 0. The van der Waals surface area contributed by atoms with E-state index in [1.165, 1.54) is 11.3 Å². The molecule has 3 heterocycles. The van der Waals surface area contributed by atoms with Gasteiger partial charge in [0.15, 0.2) is 11.4 Å². The summed E-state index contributed by atoms with van der Waals surface area (Å²) in [6.45, 7) is 5.15. The van der Waals surface area contributed by atoms with Gasteiger partial charge in [-0.2, -0.15) is 0 Å². The number of anilines is 1. The van der Waals surface area contributed by atoms with Gasteiger partial charge in [0, 0.05) is 43.0 Å². The second-order valence-corrected chi connectivity index (χ2v) is 10.00. The molecule has 2 aromatic rings. The molecule has 2 aliphatic heterocycles. The van der Waals surface area contributed by atoms with E-state index in [4.69, 9.17) is 5.11 Å². The van der Waals surface area contributed by atoms with E-state index in [0.717, 1.165) is 38.8 Å². The summed E-state index contributed by atoms with van der Waals surface area (Å²) in [4.78, 5) is 38.3. The van der Waals surface area contributed by atoms with Crippen molar-refractivity contribution in [2.75, 3.05) is 24.5 Å². The highest BCUT2D eigenvalue weighted by Crippen LogP contribution is 2.30. The van der Waals surface area contributed by atoms with Gasteiger partial charge in [-0.15, -0.1) is 0 Å². The van der Waals surface area contributed by atoms with Crippen LogP contribution in [0, 0.1) is 18.3 Å². The Balaban J connectivity index is 1.33. The number of amides is 1. The van der Waals surface area contributed by atoms with Gasteiger partial charge < -0.3 is 20.4 Å². The number of aryl methyl sites for hydroxylation is 1. The van der Waals surface area contributed by atoms with Gasteiger partial charge in [-0.1, -0.05) is 25.1 Å². The van der Waals surface area contributed by atoms with Crippen LogP contribution in [0.5, 0.6) is 5.75 Å². The number of carbonyl (C=O) groups excluding carboxylic acids is 1. The Bertz CT molecular complexity index is 1170. The lowest BCUT2D eigenvalue weighted by molar-refractivity contribution is -0.135. The zero-order valence-corrected chi connectivity index (χ0v) is 20.8. The Labute approximate surface area is 211 Å². The summed E-state index contributed by atoms with van der Waals surface area (Å²) in [5, 5.41) is 21.2. The van der Waals surface area contributed by atoms with Gasteiger partial charge in [0.25, 0.3) is 5.91 Å². The number of allylic oxidation sites excluding steroid dienone is 1. The van der Waals surface area contributed by atoms with Crippen LogP contribution in [0.4, 0.5) is 5.69 Å². The highest BCUT2D eigenvalue weighted by Gasteiger charge is 2.25. The van der Waals surface area contributed by atoms with Crippen LogP contribution in [-0.4, -0.2) is 57.9 Å². The Morgan fingerprint density at radius 2 is 1.89 bits per heavy atom. The lowest BCUT2D eigenvalue weighted by atomic mass is 9.81. The van der Waals surface area contributed by atoms with Gasteiger partial charge in [-0.3, -0.25) is 14.6 Å². The van der Waals surface area contributed by atoms with E-state index >= 15 is 0 Å². The smallest absolute Gasteiger partial charge is 0.322 e. The van der Waals surface area contributed by atoms with Crippen LogP contribution < -0.4 is 10.2 Å². The fourth-order valence-corrected chi connectivity index (χ4v) is 4.83. The number of aromatic nitrogens is 2. The molecular formula is C27H33N5O4. The predicted octanol–water partition coefficient (Wildman–Crippen LogP) is 3.30. The number of carboxylic acids is 1. The molecule has 0 aliphatic carbocycles. The number of rotatable bonds is 8. The van der Waals surface area contributed by atoms with E-state index in [1.54, 1.807) is 6.92 Å². The van der Waals surface area contributed by atoms with E-state index in [9.17, 15) is 14.7 Å². The summed E-state index contributed by atoms with van der Waals surface area (Å²) in [5.74, 6) is -1.36. The van der Waals surface area contributed by atoms with Crippen LogP contribution in [0.15, 0.2) is 41.5 Å². The van der Waals surface area contributed by atoms with Gasteiger partial charge in [0.1, 0.15) is 12.4 Å². The zero-order valence-electron chi connectivity index (χ0n) is 20.8. The molecule has 3 N–H and O–H groups in total. The number of carboxylic acid groups (broad SMARTS) is 1. The van der Waals surface area contributed by atoms with E-state index < -0.39 is 18.4 Å². The van der Waals surface area contributed by atoms with Crippen molar-refractivity contribution in [3.8, 4) is 5.75 Å². The third-order valence-corrected chi connectivity index (χ3v) is 6.88. The number of piperidine rings is 1. The second-order valence-electron chi connectivity index (χ2n) is 10.00. The number of nitrogens with one attached hydrogen (secondary N) is 1. The first-order valence-electron chi connectivity index (χ1n) is 12.3. The van der Waals surface area contributed by atoms with Gasteiger partial charge in [-0.05, 0) is 56.2 Å². The molecule has 1 fully saturated rings. The largest absolute Gasteiger partial charge is 0.504 e. The van der Waals surface area contributed by atoms with Crippen molar-refractivity contribution < 1.29 is 19.8 Å². The first-order valence-corrected chi connectivity index (χ1v) is 12.3. The molecule has 1 aromatic heterocycles. The molecule has 1 atom stereocenters. The highest BCUT2D eigenvalue weighted by atomic mass is 16.4. The maximum Gasteiger partial charge on any atom is 0.322 e. The third kappa shape index (κ3) is 6.27. The van der Waals surface area contributed by atoms with E-state index in [2.05, 4.69) is 68.7 Å². The van der Waals surface area contributed by atoms with Crippen molar-refractivity contribution in [3.05, 3.63) is 59.3 Å². The number of carbonyl (C=O) groups is 2. The number of hydrogen-bond donors (Lipinski definition) is 3. The molecule has 9 nitrogen and oxygen atoms in total. The minimum absolute atomic E-state index is 0.0695. The van der Waals surface area contributed by atoms with Gasteiger partial charge >= 0.3 is 5.97 Å². The minimum Gasteiger partial charge on any atom is -0.504 e. The fraction of sp³-hybridized carbons (Fsp3) is 0.444. The quantitative estimate of drug-likeness (QED) is 0.517. The Morgan fingerprint density at radius 1 is 1.17 bits per heavy atom. The first-order chi connectivity index (χ1) is 17.2. The van der Waals surface area contributed by atoms with Crippen LogP contribution in [0.3, 0.4) is 0 Å². The molecule has 1 unspecified atom stereocenters. The summed E-state index contributed by atoms with van der Waals surface area (Å²) in [7, 11) is 0. The number of hydrogen-bond acceptors (Lipinski definition) is 7. The normalized spacial score (nSPS) is 19.9. The van der Waals surface area contributed by atoms with Crippen LogP contribution in [0.2, 0.25) is 0 Å². The standard InChI is InChI=1S/C27H33N5O4/c1-18-25(35)24(26(36)29-16-23(33)34)31-22(30-18)14-19-8-12-32(13-9-19)21-6-4-20(5-7-21)15-27(2)10-3-11-28-17-27/h3-7,11,17,19,35H,8-10,12-16H2,1-2H3,(H,29,36)(H,33,34). The molecule has 4 rings (SSSR count). The van der Waals surface area contributed by atoms with Gasteiger partial charge in [0.05, 0.1) is 5.69 Å². The van der Waals surface area contributed by atoms with Gasteiger partial charge in [0.2, 0.25) is 0 Å². The fourth-order valence-electron chi connectivity index (χ4n) is 4.83. The molecule has 0 radical (unpaired) electrons. The zero-order chi connectivity index (χ0) is 25.7. The summed E-state index contributed by atoms with van der Waals surface area (Å²) < 4.78 is 0. The summed E-state index contributed by atoms with van der Waals surface area (Å²) in [6.07, 6.45) is 10.5. The number of aliphatic carboxylic acids is 1. The monoisotopic (exact) mass is 491 g/mol. The van der Waals surface area contributed by atoms with Crippen molar-refractivity contribution in [3.63, 3.8) is 0 Å². The summed E-state index contributed by atoms with van der Waals surface area (Å²) in [5.41, 5.74) is 2.72. The molecule has 9 heteroatoms. The van der Waals surface area contributed by atoms with E-state index in [0.29, 0.717) is 23.9 Å². The van der Waals surface area contributed by atoms with Crippen LogP contribution >= 0.6 is 0 Å². The first kappa shape index (κ1) is 25.3. The molecule has 1 saturated heterocycles. The molecule has 0 saturated carbocycles. The van der Waals surface area contributed by atoms with Gasteiger partial charge in [-0.25, -0.2) is 9.97 Å². The lowest BCUT2D eigenvalue weighted by Gasteiger charge is -2.33. The molecule has 0 spiro atoms. The van der Waals surface area contributed by atoms with Crippen molar-refractivity contribution >= 4 is 23.8 Å². The predicted molar refractivity (Wildman–Crippen MR) is 138 cm³/mol. The maximum atomic E-state index is 12.3. The average molecular weight is 492 g/mol. The van der Waals surface area contributed by atoms with Crippen molar-refractivity contribution in [1.82, 2.24) is 15.3 Å². The van der Waals surface area contributed by atoms with Crippen molar-refractivity contribution in [2.24, 2.45) is 16.3 Å². The molecule has 2 aliphatic rings. The summed E-state index contributed by atoms with van der Waals surface area (Å²) in [6, 6.07) is 8.82. The topological polar surface area (TPSA) is 128 Å². The Hall–Kier alpha value is -3.75. The molecule has 1 aromatic carbocycles. The number of nitrogens with zero attached hydrogens (tertiary/aromatic N) is 4. The molecular weight excluding hydrogens is 458 g/mol. The molecule has 36 heavy (non-hydrogen) atoms. The number of aromatic hydroxyl groups is 1. The van der Waals surface area contributed by atoms with Crippen LogP contribution in [0.25, 0.3) is 0 Å². The third-order valence-electron chi connectivity index (χ3n) is 6.88. The molecule has 1 amide bonds. The molecule has 190 valence electrons. The highest BCUT2D eigenvalue weighted by molar-refractivity contribution is 5.96. The van der Waals surface area contributed by atoms with E-state index in [1.807, 2.05) is 6.20 Å². The van der Waals surface area contributed by atoms with E-state index in [-0.39, 0.29) is 16.9 Å². The minimum atomic E-state index is -1.17. The maximum absolute atomic E-state index is 12.3. The van der Waals surface area contributed by atoms with Crippen LogP contribution in [0.1, 0.15) is 53.8 Å². The van der Waals surface area contributed by atoms with Crippen LogP contribution in [-0.2, 0) is 17.6 Å². The average Bonchev–Trinajstić information content (AvgIpc) is 2.86. The van der Waals surface area contributed by atoms with Crippen molar-refractivity contribution in [2.45, 2.75) is 46.0 Å². The number of aliphatic imine (C=N–C) groups is 1. The lowest BCUT2D eigenvalue weighted by Crippen LogP contribution is -2.34. The Kier molecular flexibility index (Phi) is 7.67. The second kappa shape index (κ2) is 10.9. The molecule has 0 bridgehead atoms. The Morgan fingerprint density at radius 3 is 2.53 bits per heavy atom. The number of benzene rings is 1.